The van der Waals surface area contributed by atoms with Crippen LogP contribution in [0.4, 0.5) is 11.5 Å². The third-order valence-corrected chi connectivity index (χ3v) is 4.68. The molecule has 3 aromatic rings. The molecule has 1 aliphatic heterocycles. The minimum absolute atomic E-state index is 0.00185. The Morgan fingerprint density at radius 3 is 2.48 bits per heavy atom. The van der Waals surface area contributed by atoms with Crippen molar-refractivity contribution in [2.45, 2.75) is 0 Å². The fourth-order valence-electron chi connectivity index (χ4n) is 3.21. The van der Waals surface area contributed by atoms with E-state index < -0.39 is 0 Å². The molecule has 1 aliphatic rings. The number of methoxy groups -OCH3 is 1. The van der Waals surface area contributed by atoms with Gasteiger partial charge in [0.05, 0.1) is 25.9 Å². The molecule has 6 heteroatoms. The van der Waals surface area contributed by atoms with Crippen LogP contribution in [0.15, 0.2) is 54.7 Å². The maximum Gasteiger partial charge on any atom is 0.256 e. The van der Waals surface area contributed by atoms with Gasteiger partial charge in [-0.25, -0.2) is 4.98 Å². The molecule has 2 aromatic carbocycles. The molecule has 0 atom stereocenters. The van der Waals surface area contributed by atoms with Gasteiger partial charge in [-0.1, -0.05) is 24.3 Å². The number of nitrogens with one attached hydrogen (secondary N) is 1. The molecule has 1 saturated heterocycles. The van der Waals surface area contributed by atoms with Gasteiger partial charge in [-0.2, -0.15) is 0 Å². The van der Waals surface area contributed by atoms with E-state index in [4.69, 9.17) is 9.47 Å². The van der Waals surface area contributed by atoms with Crippen molar-refractivity contribution in [1.82, 2.24) is 9.88 Å². The van der Waals surface area contributed by atoms with Crippen molar-refractivity contribution < 1.29 is 14.3 Å². The minimum Gasteiger partial charge on any atom is -0.497 e. The van der Waals surface area contributed by atoms with Crippen LogP contribution in [0.25, 0.3) is 10.8 Å². The number of anilines is 2. The Morgan fingerprint density at radius 2 is 1.78 bits per heavy atom. The predicted octanol–water partition coefficient (Wildman–Crippen LogP) is 3.46. The quantitative estimate of drug-likeness (QED) is 0.769. The Hall–Kier alpha value is -3.12. The molecule has 1 fully saturated rings. The average Bonchev–Trinajstić information content (AvgIpc) is 2.75. The van der Waals surface area contributed by atoms with Crippen molar-refractivity contribution in [1.29, 1.82) is 0 Å². The normalized spacial score (nSPS) is 14.2. The van der Waals surface area contributed by atoms with Crippen LogP contribution in [0, 0.1) is 0 Å². The molecule has 0 unspecified atom stereocenters. The maximum atomic E-state index is 12.9. The topological polar surface area (TPSA) is 63.7 Å². The number of nitrogens with zero attached hydrogens (tertiary/aromatic N) is 2. The molecule has 27 heavy (non-hydrogen) atoms. The zero-order chi connectivity index (χ0) is 18.6. The number of amides is 1. The largest absolute Gasteiger partial charge is 0.497 e. The van der Waals surface area contributed by atoms with Crippen molar-refractivity contribution in [3.8, 4) is 5.75 Å². The van der Waals surface area contributed by atoms with Gasteiger partial charge in [0.2, 0.25) is 0 Å². The lowest BCUT2D eigenvalue weighted by atomic mass is 10.1. The zero-order valence-electron chi connectivity index (χ0n) is 15.1. The fraction of sp³-hybridized carbons (Fsp3) is 0.238. The molecule has 6 nitrogen and oxygen atoms in total. The highest BCUT2D eigenvalue weighted by atomic mass is 16.5. The van der Waals surface area contributed by atoms with Gasteiger partial charge in [0.1, 0.15) is 11.6 Å². The molecule has 0 saturated carbocycles. The summed E-state index contributed by atoms with van der Waals surface area (Å²) in [5, 5.41) is 5.13. The maximum absolute atomic E-state index is 12.9. The lowest BCUT2D eigenvalue weighted by Gasteiger charge is -2.27. The number of fused-ring (bicyclic) bond motifs is 1. The first kappa shape index (κ1) is 17.3. The molecule has 0 radical (unpaired) electrons. The Balaban J connectivity index is 1.68. The molecule has 4 rings (SSSR count). The van der Waals surface area contributed by atoms with Crippen LogP contribution >= 0.6 is 0 Å². The highest BCUT2D eigenvalue weighted by molar-refractivity contribution is 6.09. The van der Waals surface area contributed by atoms with E-state index in [-0.39, 0.29) is 5.91 Å². The number of pyridine rings is 1. The molecule has 0 spiro atoms. The second-order valence-corrected chi connectivity index (χ2v) is 6.32. The first-order valence-corrected chi connectivity index (χ1v) is 8.92. The number of hydrogen-bond donors (Lipinski definition) is 1. The molecule has 1 amide bonds. The molecular weight excluding hydrogens is 342 g/mol. The number of aromatic nitrogens is 1. The van der Waals surface area contributed by atoms with Gasteiger partial charge >= 0.3 is 0 Å². The van der Waals surface area contributed by atoms with Crippen LogP contribution in [0.5, 0.6) is 5.75 Å². The first-order chi connectivity index (χ1) is 13.3. The minimum atomic E-state index is -0.00185. The molecule has 2 heterocycles. The van der Waals surface area contributed by atoms with Crippen LogP contribution in [0.3, 0.4) is 0 Å². The van der Waals surface area contributed by atoms with Crippen LogP contribution in [-0.4, -0.2) is 49.2 Å². The number of carbonyl (C=O) groups is 1. The highest BCUT2D eigenvalue weighted by Gasteiger charge is 2.21. The Labute approximate surface area is 157 Å². The number of benzene rings is 2. The first-order valence-electron chi connectivity index (χ1n) is 8.92. The van der Waals surface area contributed by atoms with Crippen molar-refractivity contribution >= 4 is 28.2 Å². The van der Waals surface area contributed by atoms with Gasteiger partial charge in [0.15, 0.2) is 0 Å². The lowest BCUT2D eigenvalue weighted by molar-refractivity contribution is 0.0304. The van der Waals surface area contributed by atoms with Crippen LogP contribution in [0.2, 0.25) is 0 Å². The van der Waals surface area contributed by atoms with Gasteiger partial charge in [-0.05, 0) is 29.7 Å². The third kappa shape index (κ3) is 3.57. The van der Waals surface area contributed by atoms with Crippen molar-refractivity contribution in [2.75, 3.05) is 38.7 Å². The van der Waals surface area contributed by atoms with E-state index in [1.807, 2.05) is 53.4 Å². The summed E-state index contributed by atoms with van der Waals surface area (Å²) in [6.45, 7) is 2.38. The number of ether oxygens (including phenoxy) is 2. The summed E-state index contributed by atoms with van der Waals surface area (Å²) in [6.07, 6.45) is 1.66. The second-order valence-electron chi connectivity index (χ2n) is 6.32. The number of morpholine rings is 1. The highest BCUT2D eigenvalue weighted by Crippen LogP contribution is 2.28. The second kappa shape index (κ2) is 7.63. The van der Waals surface area contributed by atoms with E-state index in [1.54, 1.807) is 13.3 Å². The zero-order valence-corrected chi connectivity index (χ0v) is 15.1. The number of carbonyl (C=O) groups excluding carboxylic acids is 1. The summed E-state index contributed by atoms with van der Waals surface area (Å²) < 4.78 is 10.5. The summed E-state index contributed by atoms with van der Waals surface area (Å²) in [6, 6.07) is 15.5. The molecule has 1 N–H and O–H groups in total. The van der Waals surface area contributed by atoms with Gasteiger partial charge in [-0.15, -0.1) is 0 Å². The van der Waals surface area contributed by atoms with Crippen molar-refractivity contribution in [2.24, 2.45) is 0 Å². The van der Waals surface area contributed by atoms with E-state index in [0.717, 1.165) is 22.2 Å². The summed E-state index contributed by atoms with van der Waals surface area (Å²) in [7, 11) is 1.64. The van der Waals surface area contributed by atoms with Crippen molar-refractivity contribution in [3.63, 3.8) is 0 Å². The number of rotatable bonds is 4. The summed E-state index contributed by atoms with van der Waals surface area (Å²) in [4.78, 5) is 19.3. The van der Waals surface area contributed by atoms with Gasteiger partial charge in [-0.3, -0.25) is 4.79 Å². The fourth-order valence-corrected chi connectivity index (χ4v) is 3.21. The monoisotopic (exact) mass is 363 g/mol. The molecule has 138 valence electrons. The van der Waals surface area contributed by atoms with Gasteiger partial charge < -0.3 is 19.7 Å². The molecule has 0 aliphatic carbocycles. The summed E-state index contributed by atoms with van der Waals surface area (Å²) >= 11 is 0. The van der Waals surface area contributed by atoms with Crippen LogP contribution < -0.4 is 10.1 Å². The lowest BCUT2D eigenvalue weighted by Crippen LogP contribution is -2.40. The van der Waals surface area contributed by atoms with E-state index >= 15 is 0 Å². The molecular formula is C21H21N3O3. The van der Waals surface area contributed by atoms with Crippen molar-refractivity contribution in [3.05, 3.63) is 60.3 Å². The third-order valence-electron chi connectivity index (χ3n) is 4.68. The standard InChI is InChI=1S/C21H21N3O3/c1-26-16-8-6-15(7-9-16)23-20-18-5-3-2-4-17(18)19(14-22-20)21(25)24-10-12-27-13-11-24/h2-9,14H,10-13H2,1H3,(H,22,23). The summed E-state index contributed by atoms with van der Waals surface area (Å²) in [5.41, 5.74) is 1.52. The Kier molecular flexibility index (Phi) is 4.89. The van der Waals surface area contributed by atoms with E-state index in [9.17, 15) is 4.79 Å². The SMILES string of the molecule is COc1ccc(Nc2ncc(C(=O)N3CCOCC3)c3ccccc23)cc1. The van der Waals surface area contributed by atoms with Crippen LogP contribution in [-0.2, 0) is 4.74 Å². The smallest absolute Gasteiger partial charge is 0.256 e. The van der Waals surface area contributed by atoms with Gasteiger partial charge in [0.25, 0.3) is 5.91 Å². The molecule has 1 aromatic heterocycles. The average molecular weight is 363 g/mol. The van der Waals surface area contributed by atoms with E-state index in [1.165, 1.54) is 0 Å². The summed E-state index contributed by atoms with van der Waals surface area (Å²) in [5.74, 6) is 1.51. The van der Waals surface area contributed by atoms with E-state index in [0.29, 0.717) is 37.7 Å². The van der Waals surface area contributed by atoms with Crippen LogP contribution in [0.1, 0.15) is 10.4 Å². The predicted molar refractivity (Wildman–Crippen MR) is 105 cm³/mol. The number of hydrogen-bond acceptors (Lipinski definition) is 5. The van der Waals surface area contributed by atoms with E-state index in [2.05, 4.69) is 10.3 Å². The Bertz CT molecular complexity index is 951. The van der Waals surface area contributed by atoms with Gasteiger partial charge in [0, 0.05) is 30.4 Å². The Morgan fingerprint density at radius 1 is 1.07 bits per heavy atom. The molecule has 0 bridgehead atoms.